The van der Waals surface area contributed by atoms with Crippen molar-refractivity contribution in [2.75, 3.05) is 13.2 Å². The molecular formula is C19H30O3. The van der Waals surface area contributed by atoms with Crippen LogP contribution in [0.1, 0.15) is 58.8 Å². The summed E-state index contributed by atoms with van der Waals surface area (Å²) < 4.78 is 11.9. The summed E-state index contributed by atoms with van der Waals surface area (Å²) in [7, 11) is 0. The van der Waals surface area contributed by atoms with Crippen LogP contribution in [0.15, 0.2) is 12.2 Å². The van der Waals surface area contributed by atoms with Gasteiger partial charge in [-0.25, -0.2) is 0 Å². The number of allylic oxidation sites excluding steroid dienone is 2. The monoisotopic (exact) mass is 306 g/mol. The third-order valence-corrected chi connectivity index (χ3v) is 5.98. The minimum Gasteiger partial charge on any atom is -0.349 e. The molecule has 0 spiro atoms. The molecule has 0 aromatic heterocycles. The molecule has 2 saturated carbocycles. The first kappa shape index (κ1) is 16.2. The first-order valence-corrected chi connectivity index (χ1v) is 9.16. The van der Waals surface area contributed by atoms with Gasteiger partial charge in [0, 0.05) is 18.9 Å². The number of unbranched alkanes of at least 4 members (excludes halogenated alkanes) is 3. The number of carbonyl (C=O) groups is 1. The van der Waals surface area contributed by atoms with Crippen LogP contribution in [0, 0.1) is 23.7 Å². The van der Waals surface area contributed by atoms with Gasteiger partial charge >= 0.3 is 0 Å². The van der Waals surface area contributed by atoms with Gasteiger partial charge in [-0.05, 0) is 51.4 Å². The van der Waals surface area contributed by atoms with Gasteiger partial charge in [-0.2, -0.15) is 0 Å². The van der Waals surface area contributed by atoms with E-state index in [-0.39, 0.29) is 11.8 Å². The Kier molecular flexibility index (Phi) is 5.03. The fourth-order valence-electron chi connectivity index (χ4n) is 5.16. The van der Waals surface area contributed by atoms with Crippen molar-refractivity contribution in [3.05, 3.63) is 12.2 Å². The molecule has 3 fully saturated rings. The first-order chi connectivity index (χ1) is 10.7. The Morgan fingerprint density at radius 1 is 1.36 bits per heavy atom. The highest BCUT2D eigenvalue weighted by Gasteiger charge is 2.68. The van der Waals surface area contributed by atoms with Gasteiger partial charge in [-0.3, -0.25) is 4.79 Å². The van der Waals surface area contributed by atoms with Gasteiger partial charge in [0.05, 0.1) is 12.5 Å². The van der Waals surface area contributed by atoms with Crippen LogP contribution < -0.4 is 0 Å². The van der Waals surface area contributed by atoms with Crippen LogP contribution in [0.5, 0.6) is 0 Å². The Bertz CT molecular complexity index is 426. The lowest BCUT2D eigenvalue weighted by atomic mass is 9.71. The van der Waals surface area contributed by atoms with Crippen molar-refractivity contribution in [1.29, 1.82) is 0 Å². The maximum atomic E-state index is 12.7. The van der Waals surface area contributed by atoms with Gasteiger partial charge in [0.15, 0.2) is 5.79 Å². The lowest BCUT2D eigenvalue weighted by molar-refractivity contribution is -0.295. The molecule has 2 aliphatic carbocycles. The van der Waals surface area contributed by atoms with E-state index in [9.17, 15) is 4.79 Å². The van der Waals surface area contributed by atoms with Crippen molar-refractivity contribution >= 4 is 5.78 Å². The fraction of sp³-hybridized carbons (Fsp3) is 0.842. The fourth-order valence-corrected chi connectivity index (χ4v) is 5.16. The van der Waals surface area contributed by atoms with Crippen LogP contribution in [-0.2, 0) is 14.3 Å². The molecular weight excluding hydrogens is 276 g/mol. The Morgan fingerprint density at radius 3 is 3.00 bits per heavy atom. The third kappa shape index (κ3) is 2.67. The summed E-state index contributed by atoms with van der Waals surface area (Å²) in [6, 6.07) is 0. The topological polar surface area (TPSA) is 35.5 Å². The quantitative estimate of drug-likeness (QED) is 0.500. The molecule has 1 saturated heterocycles. The second-order valence-corrected chi connectivity index (χ2v) is 7.11. The number of rotatable bonds is 8. The van der Waals surface area contributed by atoms with Gasteiger partial charge in [-0.1, -0.05) is 25.0 Å². The maximum Gasteiger partial charge on any atom is 0.178 e. The number of hydrogen-bond donors (Lipinski definition) is 0. The van der Waals surface area contributed by atoms with Crippen LogP contribution in [0.2, 0.25) is 0 Å². The number of carbonyl (C=O) groups excluding carboxylic acids is 1. The molecule has 3 heteroatoms. The molecule has 1 heterocycles. The Balaban J connectivity index is 1.57. The molecule has 22 heavy (non-hydrogen) atoms. The Morgan fingerprint density at radius 2 is 2.23 bits per heavy atom. The zero-order chi connectivity index (χ0) is 15.6. The van der Waals surface area contributed by atoms with E-state index >= 15 is 0 Å². The molecule has 3 aliphatic rings. The molecule has 0 aromatic rings. The summed E-state index contributed by atoms with van der Waals surface area (Å²) in [5.74, 6) is 1.23. The maximum absolute atomic E-state index is 12.7. The molecule has 3 rings (SSSR count). The van der Waals surface area contributed by atoms with Crippen LogP contribution in [0.4, 0.5) is 0 Å². The predicted molar refractivity (Wildman–Crippen MR) is 86.4 cm³/mol. The molecule has 0 aromatic carbocycles. The molecule has 5 atom stereocenters. The standard InChI is InChI=1S/C19H30O3/c1-3-5-6-7-8-9-10-14-15-11-12-22-19(21-4-2)13-16(14)18(20)17(15)19/h3,5,14-17H,4,6-13H2,1-2H3/b5-3+/t14-,15-,16+,17-,19+/m1/s1. The first-order valence-electron chi connectivity index (χ1n) is 9.16. The second kappa shape index (κ2) is 6.84. The van der Waals surface area contributed by atoms with Crippen molar-refractivity contribution < 1.29 is 14.3 Å². The van der Waals surface area contributed by atoms with E-state index in [1.165, 1.54) is 32.1 Å². The summed E-state index contributed by atoms with van der Waals surface area (Å²) in [5.41, 5.74) is 0. The number of ether oxygens (including phenoxy) is 2. The molecule has 0 unspecified atom stereocenters. The average molecular weight is 306 g/mol. The molecule has 0 amide bonds. The van der Waals surface area contributed by atoms with Crippen LogP contribution in [-0.4, -0.2) is 24.8 Å². The van der Waals surface area contributed by atoms with Crippen LogP contribution in [0.3, 0.4) is 0 Å². The van der Waals surface area contributed by atoms with Crippen LogP contribution in [0.25, 0.3) is 0 Å². The number of fused-ring (bicyclic) bond motifs is 1. The third-order valence-electron chi connectivity index (χ3n) is 5.98. The number of ketones is 1. The molecule has 0 N–H and O–H groups in total. The minimum absolute atomic E-state index is 0.0271. The molecule has 3 nitrogen and oxygen atoms in total. The highest BCUT2D eigenvalue weighted by molar-refractivity contribution is 5.90. The smallest absolute Gasteiger partial charge is 0.178 e. The lowest BCUT2D eigenvalue weighted by Crippen LogP contribution is -2.51. The zero-order valence-electron chi connectivity index (χ0n) is 14.1. The zero-order valence-corrected chi connectivity index (χ0v) is 14.1. The van der Waals surface area contributed by atoms with E-state index in [1.807, 2.05) is 6.92 Å². The van der Waals surface area contributed by atoms with Gasteiger partial charge in [-0.15, -0.1) is 0 Å². The Labute approximate surface area is 134 Å². The van der Waals surface area contributed by atoms with Crippen molar-refractivity contribution in [3.63, 3.8) is 0 Å². The molecule has 1 aliphatic heterocycles. The van der Waals surface area contributed by atoms with Crippen molar-refractivity contribution in [1.82, 2.24) is 0 Å². The van der Waals surface area contributed by atoms with E-state index in [0.29, 0.717) is 24.2 Å². The van der Waals surface area contributed by atoms with E-state index < -0.39 is 5.79 Å². The second-order valence-electron chi connectivity index (χ2n) is 7.11. The van der Waals surface area contributed by atoms with Gasteiger partial charge in [0.25, 0.3) is 0 Å². The van der Waals surface area contributed by atoms with E-state index in [1.54, 1.807) is 0 Å². The summed E-state index contributed by atoms with van der Waals surface area (Å²) in [6.45, 7) is 5.48. The van der Waals surface area contributed by atoms with Crippen molar-refractivity contribution in [2.45, 2.75) is 64.6 Å². The van der Waals surface area contributed by atoms with E-state index in [4.69, 9.17) is 9.47 Å². The largest absolute Gasteiger partial charge is 0.349 e. The summed E-state index contributed by atoms with van der Waals surface area (Å²) in [6.07, 6.45) is 12.5. The van der Waals surface area contributed by atoms with E-state index in [0.717, 1.165) is 19.4 Å². The van der Waals surface area contributed by atoms with Gasteiger partial charge in [0.1, 0.15) is 5.78 Å². The van der Waals surface area contributed by atoms with Gasteiger partial charge < -0.3 is 9.47 Å². The average Bonchev–Trinajstić information content (AvgIpc) is 2.93. The highest BCUT2D eigenvalue weighted by atomic mass is 16.7. The highest BCUT2D eigenvalue weighted by Crippen LogP contribution is 2.61. The lowest BCUT2D eigenvalue weighted by Gasteiger charge is -2.46. The number of hydrogen-bond acceptors (Lipinski definition) is 3. The van der Waals surface area contributed by atoms with Crippen LogP contribution >= 0.6 is 0 Å². The van der Waals surface area contributed by atoms with Crippen molar-refractivity contribution in [2.24, 2.45) is 23.7 Å². The van der Waals surface area contributed by atoms with Gasteiger partial charge in [0.2, 0.25) is 0 Å². The Hall–Kier alpha value is -0.670. The molecule has 0 radical (unpaired) electrons. The summed E-state index contributed by atoms with van der Waals surface area (Å²) in [4.78, 5) is 12.7. The van der Waals surface area contributed by atoms with Crippen molar-refractivity contribution in [3.8, 4) is 0 Å². The van der Waals surface area contributed by atoms with E-state index in [2.05, 4.69) is 19.1 Å². The number of Topliss-reactive ketones (excluding diaryl/α,β-unsaturated/α-hetero) is 1. The summed E-state index contributed by atoms with van der Waals surface area (Å²) >= 11 is 0. The predicted octanol–water partition coefficient (Wildman–Crippen LogP) is 4.12. The SMILES string of the molecule is C/C=C/CCCCC[C@@H]1[C@H]2CCO[C@@]3(OCC)C[C@@H]1C(=O)[C@@H]23. The normalized spacial score (nSPS) is 40.0. The molecule has 2 bridgehead atoms. The minimum atomic E-state index is -0.554. The summed E-state index contributed by atoms with van der Waals surface area (Å²) in [5, 5.41) is 0. The molecule has 124 valence electrons.